The Morgan fingerprint density at radius 3 is 2.86 bits per heavy atom. The second-order valence-electron chi connectivity index (χ2n) is 4.08. The van der Waals surface area contributed by atoms with Gasteiger partial charge in [-0.3, -0.25) is 24.7 Å². The highest BCUT2D eigenvalue weighted by atomic mass is 32.2. The summed E-state index contributed by atoms with van der Waals surface area (Å²) >= 11 is 0.885. The van der Waals surface area contributed by atoms with E-state index in [9.17, 15) is 24.8 Å². The Morgan fingerprint density at radius 1 is 1.50 bits per heavy atom. The largest absolute Gasteiger partial charge is 0.507 e. The number of aliphatic carboxylic acids is 1. The van der Waals surface area contributed by atoms with Crippen molar-refractivity contribution in [3.8, 4) is 5.75 Å². The average molecular weight is 323 g/mol. The molecule has 0 radical (unpaired) electrons. The highest BCUT2D eigenvalue weighted by Gasteiger charge is 2.24. The van der Waals surface area contributed by atoms with Gasteiger partial charge in [0.15, 0.2) is 5.17 Å². The molecule has 1 saturated heterocycles. The van der Waals surface area contributed by atoms with Gasteiger partial charge in [0, 0.05) is 17.7 Å². The third-order valence-electron chi connectivity index (χ3n) is 2.52. The zero-order valence-electron chi connectivity index (χ0n) is 10.8. The fraction of sp³-hybridized carbons (Fsp3) is 0.0833. The van der Waals surface area contributed by atoms with E-state index in [2.05, 4.69) is 10.3 Å². The number of phenolic OH excluding ortho intramolecular Hbond substituents is 1. The first-order valence-corrected chi connectivity index (χ1v) is 6.63. The fourth-order valence-electron chi connectivity index (χ4n) is 1.55. The van der Waals surface area contributed by atoms with Crippen molar-refractivity contribution in [3.05, 3.63) is 38.8 Å². The van der Waals surface area contributed by atoms with Crippen molar-refractivity contribution in [1.29, 1.82) is 0 Å². The molecule has 1 aromatic rings. The lowest BCUT2D eigenvalue weighted by molar-refractivity contribution is -0.384. The smallest absolute Gasteiger partial charge is 0.325 e. The number of aliphatic imine (C=N–C) groups is 1. The molecule has 1 heterocycles. The fourth-order valence-corrected chi connectivity index (χ4v) is 2.36. The van der Waals surface area contributed by atoms with E-state index in [4.69, 9.17) is 5.11 Å². The van der Waals surface area contributed by atoms with Crippen LogP contribution in [0.5, 0.6) is 5.75 Å². The van der Waals surface area contributed by atoms with Crippen molar-refractivity contribution in [2.75, 3.05) is 6.54 Å². The van der Waals surface area contributed by atoms with Gasteiger partial charge in [0.05, 0.1) is 9.83 Å². The molecular formula is C12H9N3O6S. The Bertz CT molecular complexity index is 728. The number of nitro groups is 1. The number of rotatable bonds is 4. The summed E-state index contributed by atoms with van der Waals surface area (Å²) in [6.45, 7) is -0.488. The topological polar surface area (TPSA) is 142 Å². The Hall–Kier alpha value is -2.88. The van der Waals surface area contributed by atoms with E-state index in [1.165, 1.54) is 6.08 Å². The number of thioether (sulfide) groups is 1. The number of carboxylic acid groups (broad SMARTS) is 1. The molecular weight excluding hydrogens is 314 g/mol. The minimum absolute atomic E-state index is 0.103. The van der Waals surface area contributed by atoms with Crippen LogP contribution in [0.3, 0.4) is 0 Å². The normalized spacial score (nSPS) is 17.7. The highest BCUT2D eigenvalue weighted by Crippen LogP contribution is 2.30. The van der Waals surface area contributed by atoms with E-state index in [0.29, 0.717) is 0 Å². The number of phenols is 1. The molecule has 1 aromatic carbocycles. The Morgan fingerprint density at radius 2 is 2.23 bits per heavy atom. The lowest BCUT2D eigenvalue weighted by Crippen LogP contribution is -2.20. The van der Waals surface area contributed by atoms with Crippen LogP contribution in [0.1, 0.15) is 5.56 Å². The van der Waals surface area contributed by atoms with E-state index >= 15 is 0 Å². The zero-order valence-corrected chi connectivity index (χ0v) is 11.7. The molecule has 1 fully saturated rings. The monoisotopic (exact) mass is 323 g/mol. The summed E-state index contributed by atoms with van der Waals surface area (Å²) in [6.07, 6.45) is 1.27. The molecule has 0 aromatic heterocycles. The van der Waals surface area contributed by atoms with Gasteiger partial charge in [-0.1, -0.05) is 0 Å². The Balaban J connectivity index is 2.28. The van der Waals surface area contributed by atoms with Crippen LogP contribution >= 0.6 is 11.8 Å². The number of amides is 1. The van der Waals surface area contributed by atoms with Crippen molar-refractivity contribution in [2.45, 2.75) is 0 Å². The second-order valence-corrected chi connectivity index (χ2v) is 5.11. The summed E-state index contributed by atoms with van der Waals surface area (Å²) < 4.78 is 0. The van der Waals surface area contributed by atoms with Gasteiger partial charge in [-0.05, 0) is 23.9 Å². The molecule has 0 spiro atoms. The first-order valence-electron chi connectivity index (χ1n) is 5.81. The Kier molecular flexibility index (Phi) is 4.41. The maximum atomic E-state index is 11.7. The number of non-ortho nitro benzene ring substituents is 1. The molecule has 10 heteroatoms. The summed E-state index contributed by atoms with van der Waals surface area (Å²) in [4.78, 5) is 36.0. The van der Waals surface area contributed by atoms with Gasteiger partial charge in [-0.15, -0.1) is 0 Å². The summed E-state index contributed by atoms with van der Waals surface area (Å²) in [5.74, 6) is -1.89. The van der Waals surface area contributed by atoms with Gasteiger partial charge in [0.2, 0.25) is 0 Å². The molecule has 3 N–H and O–H groups in total. The van der Waals surface area contributed by atoms with Crippen LogP contribution in [0.15, 0.2) is 28.1 Å². The predicted octanol–water partition coefficient (Wildman–Crippen LogP) is 0.945. The number of carbonyl (C=O) groups is 2. The maximum absolute atomic E-state index is 11.7. The van der Waals surface area contributed by atoms with Crippen LogP contribution in [0.2, 0.25) is 0 Å². The van der Waals surface area contributed by atoms with Gasteiger partial charge in [0.25, 0.3) is 11.6 Å². The quantitative estimate of drug-likeness (QED) is 0.425. The number of aromatic hydroxyl groups is 1. The Labute approximate surface area is 127 Å². The number of carboxylic acids is 1. The van der Waals surface area contributed by atoms with Crippen LogP contribution in [0.4, 0.5) is 5.69 Å². The number of carbonyl (C=O) groups excluding carboxylic acids is 1. The van der Waals surface area contributed by atoms with E-state index in [1.807, 2.05) is 0 Å². The van der Waals surface area contributed by atoms with Gasteiger partial charge < -0.3 is 15.5 Å². The minimum Gasteiger partial charge on any atom is -0.507 e. The molecule has 0 bridgehead atoms. The van der Waals surface area contributed by atoms with Crippen molar-refractivity contribution in [2.24, 2.45) is 4.99 Å². The molecule has 0 unspecified atom stereocenters. The molecule has 0 saturated carbocycles. The van der Waals surface area contributed by atoms with Gasteiger partial charge in [-0.2, -0.15) is 0 Å². The maximum Gasteiger partial charge on any atom is 0.325 e. The summed E-state index contributed by atoms with van der Waals surface area (Å²) in [6, 6.07) is 3.42. The molecule has 114 valence electrons. The molecule has 2 rings (SSSR count). The number of hydrogen-bond donors (Lipinski definition) is 3. The van der Waals surface area contributed by atoms with E-state index in [0.717, 1.165) is 30.0 Å². The van der Waals surface area contributed by atoms with Crippen molar-refractivity contribution in [3.63, 3.8) is 0 Å². The molecule has 9 nitrogen and oxygen atoms in total. The number of nitrogens with one attached hydrogen (secondary N) is 1. The number of nitrogens with zero attached hydrogens (tertiary/aromatic N) is 2. The van der Waals surface area contributed by atoms with Crippen LogP contribution in [-0.2, 0) is 9.59 Å². The summed E-state index contributed by atoms with van der Waals surface area (Å²) in [5.41, 5.74) is -0.126. The van der Waals surface area contributed by atoms with Gasteiger partial charge in [-0.25, -0.2) is 0 Å². The molecule has 22 heavy (non-hydrogen) atoms. The number of amidine groups is 1. The lowest BCUT2D eigenvalue weighted by Gasteiger charge is -1.99. The molecule has 1 aliphatic heterocycles. The first-order chi connectivity index (χ1) is 10.4. The van der Waals surface area contributed by atoms with Crippen LogP contribution in [0.25, 0.3) is 6.08 Å². The molecule has 0 aliphatic carbocycles. The van der Waals surface area contributed by atoms with E-state index < -0.39 is 23.3 Å². The molecule has 1 aliphatic rings. The lowest BCUT2D eigenvalue weighted by atomic mass is 10.1. The number of benzene rings is 1. The van der Waals surface area contributed by atoms with Crippen LogP contribution in [-0.4, -0.2) is 38.7 Å². The van der Waals surface area contributed by atoms with Gasteiger partial charge in [0.1, 0.15) is 12.3 Å². The third kappa shape index (κ3) is 3.61. The zero-order chi connectivity index (χ0) is 16.3. The summed E-state index contributed by atoms with van der Waals surface area (Å²) in [5, 5.41) is 31.4. The van der Waals surface area contributed by atoms with Crippen molar-refractivity contribution in [1.82, 2.24) is 5.32 Å². The molecule has 0 atom stereocenters. The van der Waals surface area contributed by atoms with Crippen LogP contribution in [0, 0.1) is 10.1 Å². The van der Waals surface area contributed by atoms with Crippen LogP contribution < -0.4 is 5.32 Å². The average Bonchev–Trinajstić information content (AvgIpc) is 2.79. The van der Waals surface area contributed by atoms with Crippen molar-refractivity contribution >= 4 is 40.6 Å². The SMILES string of the molecule is O=C(O)CN=C1NC(=O)/C(=C/c2cc([N+](=O)[O-])ccc2O)S1. The number of hydrogen-bond acceptors (Lipinski definition) is 7. The highest BCUT2D eigenvalue weighted by molar-refractivity contribution is 8.18. The van der Waals surface area contributed by atoms with Crippen molar-refractivity contribution < 1.29 is 24.7 Å². The van der Waals surface area contributed by atoms with Gasteiger partial charge >= 0.3 is 5.97 Å². The molecule has 1 amide bonds. The number of nitro benzene ring substituents is 1. The predicted molar refractivity (Wildman–Crippen MR) is 78.4 cm³/mol. The van der Waals surface area contributed by atoms with E-state index in [-0.39, 0.29) is 27.1 Å². The first kappa shape index (κ1) is 15.5. The third-order valence-corrected chi connectivity index (χ3v) is 3.47. The summed E-state index contributed by atoms with van der Waals surface area (Å²) in [7, 11) is 0. The second kappa shape index (κ2) is 6.26. The minimum atomic E-state index is -1.14. The standard InChI is InChI=1S/C12H9N3O6S/c16-8-2-1-7(15(20)21)3-6(8)4-9-11(19)14-12(22-9)13-5-10(17)18/h1-4,16H,5H2,(H,17,18)(H,13,14,19)/b9-4-. The van der Waals surface area contributed by atoms with E-state index in [1.54, 1.807) is 0 Å².